The van der Waals surface area contributed by atoms with E-state index in [1.807, 2.05) is 49.5 Å². The zero-order valence-electron chi connectivity index (χ0n) is 16.7. The number of aromatic nitrogens is 5. The Kier molecular flexibility index (Phi) is 3.80. The summed E-state index contributed by atoms with van der Waals surface area (Å²) in [7, 11) is 0. The molecular formula is C25H18FN5. The van der Waals surface area contributed by atoms with Crippen LogP contribution in [0.15, 0.2) is 73.1 Å². The maximum absolute atomic E-state index is 14.0. The van der Waals surface area contributed by atoms with Crippen molar-refractivity contribution in [3.63, 3.8) is 0 Å². The van der Waals surface area contributed by atoms with Gasteiger partial charge in [0.1, 0.15) is 11.5 Å². The zero-order chi connectivity index (χ0) is 20.9. The van der Waals surface area contributed by atoms with E-state index in [9.17, 15) is 4.39 Å². The summed E-state index contributed by atoms with van der Waals surface area (Å²) in [4.78, 5) is 3.49. The summed E-state index contributed by atoms with van der Waals surface area (Å²) >= 11 is 0. The van der Waals surface area contributed by atoms with Gasteiger partial charge in [-0.2, -0.15) is 10.2 Å². The molecule has 0 aliphatic rings. The second-order valence-electron chi connectivity index (χ2n) is 7.79. The number of rotatable bonds is 3. The van der Waals surface area contributed by atoms with Gasteiger partial charge in [-0.3, -0.25) is 10.2 Å². The van der Waals surface area contributed by atoms with Gasteiger partial charge in [0.05, 0.1) is 17.4 Å². The normalized spacial score (nSPS) is 11.5. The number of nitrogens with one attached hydrogen (secondary N) is 3. The Labute approximate surface area is 177 Å². The molecule has 0 saturated heterocycles. The van der Waals surface area contributed by atoms with Crippen LogP contribution in [-0.4, -0.2) is 25.4 Å². The minimum atomic E-state index is -0.229. The SMILES string of the molecule is Cc1cc(F)cc(-c2cccc3[nH]c(-c4n[nH]c5ccc(-c6cn[nH]c6)cc45)cc23)c1. The van der Waals surface area contributed by atoms with E-state index < -0.39 is 0 Å². The minimum absolute atomic E-state index is 0.229. The molecule has 3 aromatic heterocycles. The fraction of sp³-hybridized carbons (Fsp3) is 0.0400. The van der Waals surface area contributed by atoms with Gasteiger partial charge < -0.3 is 4.98 Å². The Hall–Kier alpha value is -4.19. The first-order valence-electron chi connectivity index (χ1n) is 10.0. The number of aromatic amines is 3. The third-order valence-electron chi connectivity index (χ3n) is 5.67. The average Bonchev–Trinajstić information content (AvgIpc) is 3.50. The van der Waals surface area contributed by atoms with E-state index in [1.54, 1.807) is 18.3 Å². The van der Waals surface area contributed by atoms with Crippen molar-refractivity contribution in [2.45, 2.75) is 6.92 Å². The van der Waals surface area contributed by atoms with Crippen molar-refractivity contribution < 1.29 is 4.39 Å². The molecule has 0 aliphatic carbocycles. The molecule has 0 aliphatic heterocycles. The molecule has 0 atom stereocenters. The maximum atomic E-state index is 14.0. The van der Waals surface area contributed by atoms with Crippen LogP contribution in [0.25, 0.3) is 55.4 Å². The van der Waals surface area contributed by atoms with E-state index >= 15 is 0 Å². The van der Waals surface area contributed by atoms with Crippen LogP contribution in [0.5, 0.6) is 0 Å². The van der Waals surface area contributed by atoms with Crippen LogP contribution in [0.3, 0.4) is 0 Å². The third kappa shape index (κ3) is 2.92. The highest BCUT2D eigenvalue weighted by atomic mass is 19.1. The van der Waals surface area contributed by atoms with Crippen LogP contribution < -0.4 is 0 Å². The summed E-state index contributed by atoms with van der Waals surface area (Å²) < 4.78 is 14.0. The van der Waals surface area contributed by atoms with Crippen molar-refractivity contribution in [3.8, 4) is 33.6 Å². The topological polar surface area (TPSA) is 73.2 Å². The van der Waals surface area contributed by atoms with Crippen molar-refractivity contribution in [1.82, 2.24) is 25.4 Å². The van der Waals surface area contributed by atoms with Gasteiger partial charge in [-0.05, 0) is 65.6 Å². The van der Waals surface area contributed by atoms with Gasteiger partial charge >= 0.3 is 0 Å². The molecule has 0 saturated carbocycles. The number of hydrogen-bond donors (Lipinski definition) is 3. The second kappa shape index (κ2) is 6.67. The van der Waals surface area contributed by atoms with Crippen molar-refractivity contribution in [3.05, 3.63) is 84.4 Å². The van der Waals surface area contributed by atoms with Crippen molar-refractivity contribution >= 4 is 21.8 Å². The smallest absolute Gasteiger partial charge is 0.124 e. The monoisotopic (exact) mass is 407 g/mol. The van der Waals surface area contributed by atoms with Gasteiger partial charge in [0.2, 0.25) is 0 Å². The van der Waals surface area contributed by atoms with E-state index in [0.717, 1.165) is 61.0 Å². The third-order valence-corrected chi connectivity index (χ3v) is 5.67. The zero-order valence-corrected chi connectivity index (χ0v) is 16.7. The number of nitrogens with zero attached hydrogens (tertiary/aromatic N) is 2. The van der Waals surface area contributed by atoms with Gasteiger partial charge in [-0.25, -0.2) is 4.39 Å². The molecule has 0 bridgehead atoms. The number of aryl methyl sites for hydroxylation is 1. The van der Waals surface area contributed by atoms with Crippen LogP contribution in [0.2, 0.25) is 0 Å². The maximum Gasteiger partial charge on any atom is 0.124 e. The van der Waals surface area contributed by atoms with Crippen LogP contribution in [0.1, 0.15) is 5.56 Å². The Morgan fingerprint density at radius 2 is 1.77 bits per heavy atom. The van der Waals surface area contributed by atoms with E-state index in [4.69, 9.17) is 0 Å². The first kappa shape index (κ1) is 17.7. The summed E-state index contributed by atoms with van der Waals surface area (Å²) in [5, 5.41) is 16.7. The first-order valence-corrected chi connectivity index (χ1v) is 10.0. The summed E-state index contributed by atoms with van der Waals surface area (Å²) in [6, 6.07) is 19.4. The Morgan fingerprint density at radius 3 is 2.61 bits per heavy atom. The van der Waals surface area contributed by atoms with E-state index in [0.29, 0.717) is 0 Å². The number of halogens is 1. The largest absolute Gasteiger partial charge is 0.353 e. The lowest BCUT2D eigenvalue weighted by atomic mass is 9.99. The van der Waals surface area contributed by atoms with E-state index in [2.05, 4.69) is 37.5 Å². The second-order valence-corrected chi connectivity index (χ2v) is 7.79. The first-order chi connectivity index (χ1) is 15.2. The fourth-order valence-corrected chi connectivity index (χ4v) is 4.23. The molecule has 0 spiro atoms. The molecule has 0 fully saturated rings. The molecule has 6 aromatic rings. The van der Waals surface area contributed by atoms with Crippen LogP contribution in [0.4, 0.5) is 4.39 Å². The highest BCUT2D eigenvalue weighted by Crippen LogP contribution is 2.35. The lowest BCUT2D eigenvalue weighted by molar-refractivity contribution is 0.627. The van der Waals surface area contributed by atoms with Crippen molar-refractivity contribution in [2.75, 3.05) is 0 Å². The number of hydrogen-bond acceptors (Lipinski definition) is 2. The molecular weight excluding hydrogens is 389 g/mol. The molecule has 0 unspecified atom stereocenters. The molecule has 5 nitrogen and oxygen atoms in total. The Morgan fingerprint density at radius 1 is 0.839 bits per heavy atom. The number of H-pyrrole nitrogens is 3. The molecule has 6 heteroatoms. The highest BCUT2D eigenvalue weighted by Gasteiger charge is 2.15. The molecule has 3 heterocycles. The molecule has 6 rings (SSSR count). The van der Waals surface area contributed by atoms with Crippen molar-refractivity contribution in [2.24, 2.45) is 0 Å². The fourth-order valence-electron chi connectivity index (χ4n) is 4.23. The lowest BCUT2D eigenvalue weighted by Crippen LogP contribution is -1.84. The summed E-state index contributed by atoms with van der Waals surface area (Å²) in [6.45, 7) is 1.91. The van der Waals surface area contributed by atoms with Gasteiger partial charge in [0, 0.05) is 28.0 Å². The molecule has 0 radical (unpaired) electrons. The van der Waals surface area contributed by atoms with Crippen molar-refractivity contribution in [1.29, 1.82) is 0 Å². The van der Waals surface area contributed by atoms with Gasteiger partial charge in [0.25, 0.3) is 0 Å². The van der Waals surface area contributed by atoms with Gasteiger partial charge in [-0.15, -0.1) is 0 Å². The van der Waals surface area contributed by atoms with Crippen LogP contribution >= 0.6 is 0 Å². The van der Waals surface area contributed by atoms with Gasteiger partial charge in [-0.1, -0.05) is 24.3 Å². The summed E-state index contributed by atoms with van der Waals surface area (Å²) in [5.74, 6) is -0.229. The Balaban J connectivity index is 1.53. The van der Waals surface area contributed by atoms with E-state index in [-0.39, 0.29) is 5.82 Å². The number of fused-ring (bicyclic) bond motifs is 2. The average molecular weight is 407 g/mol. The molecule has 3 N–H and O–H groups in total. The van der Waals surface area contributed by atoms with E-state index in [1.165, 1.54) is 0 Å². The predicted molar refractivity (Wildman–Crippen MR) is 121 cm³/mol. The highest BCUT2D eigenvalue weighted by molar-refractivity contribution is 6.01. The molecule has 31 heavy (non-hydrogen) atoms. The van der Waals surface area contributed by atoms with Crippen LogP contribution in [0, 0.1) is 12.7 Å². The molecule has 3 aromatic carbocycles. The molecule has 150 valence electrons. The Bertz CT molecular complexity index is 1540. The quantitative estimate of drug-likeness (QED) is 0.326. The minimum Gasteiger partial charge on any atom is -0.353 e. The summed E-state index contributed by atoms with van der Waals surface area (Å²) in [5.41, 5.74) is 8.53. The van der Waals surface area contributed by atoms with Gasteiger partial charge in [0.15, 0.2) is 0 Å². The van der Waals surface area contributed by atoms with Crippen LogP contribution in [-0.2, 0) is 0 Å². The summed E-state index contributed by atoms with van der Waals surface area (Å²) in [6.07, 6.45) is 3.67. The standard InChI is InChI=1S/C25H18FN5/c1-14-7-16(9-18(26)8-14)19-3-2-4-22-20(19)11-24(29-22)25-21-10-15(17-12-27-28-13-17)5-6-23(21)30-31-25/h2-13,29H,1H3,(H,27,28)(H,30,31). The number of benzene rings is 3. The lowest BCUT2D eigenvalue weighted by Gasteiger charge is -2.05. The predicted octanol–water partition coefficient (Wildman–Crippen LogP) is 6.22. The molecule has 0 amide bonds.